The van der Waals surface area contributed by atoms with E-state index in [1.54, 1.807) is 0 Å². The van der Waals surface area contributed by atoms with Gasteiger partial charge in [0.05, 0.1) is 17.8 Å². The van der Waals surface area contributed by atoms with Crippen LogP contribution in [0.15, 0.2) is 66.7 Å². The summed E-state index contributed by atoms with van der Waals surface area (Å²) >= 11 is 0. The molecule has 0 aliphatic heterocycles. The Kier molecular flexibility index (Phi) is 6.08. The van der Waals surface area contributed by atoms with Gasteiger partial charge in [0.25, 0.3) is 0 Å². The Morgan fingerprint density at radius 3 is 2.34 bits per heavy atom. The molecule has 1 heterocycles. The number of nitrogens with one attached hydrogen (secondary N) is 2. The van der Waals surface area contributed by atoms with Crippen molar-refractivity contribution in [2.24, 2.45) is 0 Å². The first-order valence-electron chi connectivity index (χ1n) is 10.7. The smallest absolute Gasteiger partial charge is 0.323 e. The Hall–Kier alpha value is -3.86. The zero-order chi connectivity index (χ0) is 22.7. The second-order valence-corrected chi connectivity index (χ2v) is 7.93. The number of aryl methyl sites for hydroxylation is 3. The second-order valence-electron chi connectivity index (χ2n) is 7.93. The van der Waals surface area contributed by atoms with Gasteiger partial charge >= 0.3 is 6.03 Å². The third-order valence-corrected chi connectivity index (χ3v) is 5.31. The minimum atomic E-state index is -0.293. The summed E-state index contributed by atoms with van der Waals surface area (Å²) in [5.41, 5.74) is 7.54. The van der Waals surface area contributed by atoms with Gasteiger partial charge < -0.3 is 15.4 Å². The number of fused-ring (bicyclic) bond motifs is 1. The van der Waals surface area contributed by atoms with Gasteiger partial charge in [0, 0.05) is 28.4 Å². The molecule has 0 atom stereocenters. The maximum atomic E-state index is 12.6. The molecule has 0 aliphatic rings. The third kappa shape index (κ3) is 4.72. The van der Waals surface area contributed by atoms with Crippen molar-refractivity contribution >= 4 is 28.3 Å². The molecule has 162 valence electrons. The van der Waals surface area contributed by atoms with E-state index in [1.807, 2.05) is 63.2 Å². The molecule has 3 aromatic carbocycles. The van der Waals surface area contributed by atoms with Crippen molar-refractivity contribution in [3.8, 4) is 17.0 Å². The molecule has 0 spiro atoms. The summed E-state index contributed by atoms with van der Waals surface area (Å²) in [5.74, 6) is 0.742. The number of amides is 2. The highest BCUT2D eigenvalue weighted by Gasteiger charge is 2.11. The fourth-order valence-electron chi connectivity index (χ4n) is 3.66. The molecule has 2 amide bonds. The standard InChI is InChI=1S/C27H27N3O2/c1-5-32-26-16-25(20-9-6-17(2)7-10-20)29-24-13-11-21(15-22(24)26)28-27(31)30-23-12-8-18(3)14-19(23)4/h6-16H,5H2,1-4H3,(H2,28,30,31). The van der Waals surface area contributed by atoms with E-state index in [9.17, 15) is 4.79 Å². The maximum absolute atomic E-state index is 12.6. The summed E-state index contributed by atoms with van der Waals surface area (Å²) in [6.07, 6.45) is 0. The van der Waals surface area contributed by atoms with Crippen LogP contribution in [0.5, 0.6) is 5.75 Å². The van der Waals surface area contributed by atoms with Crippen LogP contribution >= 0.6 is 0 Å². The molecule has 2 N–H and O–H groups in total. The zero-order valence-corrected chi connectivity index (χ0v) is 18.8. The first kappa shape index (κ1) is 21.4. The number of anilines is 2. The Balaban J connectivity index is 1.62. The van der Waals surface area contributed by atoms with Crippen molar-refractivity contribution in [2.45, 2.75) is 27.7 Å². The number of aromatic nitrogens is 1. The van der Waals surface area contributed by atoms with Crippen molar-refractivity contribution in [3.05, 3.63) is 83.4 Å². The maximum Gasteiger partial charge on any atom is 0.323 e. The predicted octanol–water partition coefficient (Wildman–Crippen LogP) is 6.87. The van der Waals surface area contributed by atoms with E-state index >= 15 is 0 Å². The van der Waals surface area contributed by atoms with E-state index < -0.39 is 0 Å². The number of rotatable bonds is 5. The molecular formula is C27H27N3O2. The summed E-state index contributed by atoms with van der Waals surface area (Å²) in [7, 11) is 0. The van der Waals surface area contributed by atoms with E-state index in [1.165, 1.54) is 5.56 Å². The van der Waals surface area contributed by atoms with Crippen LogP contribution in [0.2, 0.25) is 0 Å². The summed E-state index contributed by atoms with van der Waals surface area (Å²) in [6, 6.07) is 21.5. The summed E-state index contributed by atoms with van der Waals surface area (Å²) in [6.45, 7) is 8.56. The molecule has 4 aromatic rings. The highest BCUT2D eigenvalue weighted by molar-refractivity contribution is 6.02. The first-order valence-corrected chi connectivity index (χ1v) is 10.7. The van der Waals surface area contributed by atoms with Gasteiger partial charge in [0.1, 0.15) is 5.75 Å². The molecule has 0 bridgehead atoms. The number of benzene rings is 3. The predicted molar refractivity (Wildman–Crippen MR) is 132 cm³/mol. The van der Waals surface area contributed by atoms with Gasteiger partial charge in [-0.2, -0.15) is 0 Å². The van der Waals surface area contributed by atoms with Crippen LogP contribution in [0.3, 0.4) is 0 Å². The summed E-state index contributed by atoms with van der Waals surface area (Å²) in [5, 5.41) is 6.68. The van der Waals surface area contributed by atoms with Crippen molar-refractivity contribution in [1.82, 2.24) is 4.98 Å². The van der Waals surface area contributed by atoms with Crippen LogP contribution in [-0.2, 0) is 0 Å². The number of pyridine rings is 1. The van der Waals surface area contributed by atoms with Gasteiger partial charge in [-0.25, -0.2) is 9.78 Å². The van der Waals surface area contributed by atoms with Gasteiger partial charge in [-0.15, -0.1) is 0 Å². The number of ether oxygens (including phenoxy) is 1. The number of hydrogen-bond acceptors (Lipinski definition) is 3. The minimum Gasteiger partial charge on any atom is -0.493 e. The van der Waals surface area contributed by atoms with Crippen LogP contribution in [-0.4, -0.2) is 17.6 Å². The average molecular weight is 426 g/mol. The van der Waals surface area contributed by atoms with Crippen LogP contribution in [0, 0.1) is 20.8 Å². The molecule has 0 unspecified atom stereocenters. The lowest BCUT2D eigenvalue weighted by atomic mass is 10.1. The lowest BCUT2D eigenvalue weighted by Gasteiger charge is -2.13. The van der Waals surface area contributed by atoms with Gasteiger partial charge in [-0.05, 0) is 57.5 Å². The lowest BCUT2D eigenvalue weighted by molar-refractivity contribution is 0.262. The van der Waals surface area contributed by atoms with Crippen LogP contribution in [0.1, 0.15) is 23.6 Å². The zero-order valence-electron chi connectivity index (χ0n) is 18.8. The van der Waals surface area contributed by atoms with E-state index in [0.717, 1.165) is 44.7 Å². The fourth-order valence-corrected chi connectivity index (χ4v) is 3.66. The van der Waals surface area contributed by atoms with Crippen LogP contribution in [0.4, 0.5) is 16.2 Å². The SMILES string of the molecule is CCOc1cc(-c2ccc(C)cc2)nc2ccc(NC(=O)Nc3ccc(C)cc3C)cc12. The summed E-state index contributed by atoms with van der Waals surface area (Å²) in [4.78, 5) is 17.4. The second kappa shape index (κ2) is 9.10. The van der Waals surface area contributed by atoms with Gasteiger partial charge in [-0.1, -0.05) is 47.5 Å². The number of urea groups is 1. The van der Waals surface area contributed by atoms with Crippen LogP contribution in [0.25, 0.3) is 22.2 Å². The molecule has 4 rings (SSSR count). The molecule has 0 saturated heterocycles. The molecular weight excluding hydrogens is 398 g/mol. The van der Waals surface area contributed by atoms with Crippen LogP contribution < -0.4 is 15.4 Å². The fraction of sp³-hybridized carbons (Fsp3) is 0.185. The highest BCUT2D eigenvalue weighted by Crippen LogP contribution is 2.32. The molecule has 0 saturated carbocycles. The Morgan fingerprint density at radius 1 is 0.875 bits per heavy atom. The Morgan fingerprint density at radius 2 is 1.62 bits per heavy atom. The molecule has 0 radical (unpaired) electrons. The largest absolute Gasteiger partial charge is 0.493 e. The topological polar surface area (TPSA) is 63.2 Å². The number of hydrogen-bond donors (Lipinski definition) is 2. The Labute approximate surface area is 188 Å². The number of carbonyl (C=O) groups is 1. The third-order valence-electron chi connectivity index (χ3n) is 5.31. The van der Waals surface area contributed by atoms with Gasteiger partial charge in [0.15, 0.2) is 0 Å². The molecule has 32 heavy (non-hydrogen) atoms. The number of carbonyl (C=O) groups excluding carboxylic acids is 1. The number of nitrogens with zero attached hydrogens (tertiary/aromatic N) is 1. The molecule has 1 aromatic heterocycles. The van der Waals surface area contributed by atoms with E-state index in [4.69, 9.17) is 9.72 Å². The molecule has 0 aliphatic carbocycles. The van der Waals surface area contributed by atoms with E-state index in [2.05, 4.69) is 41.8 Å². The molecule has 5 heteroatoms. The molecule has 5 nitrogen and oxygen atoms in total. The van der Waals surface area contributed by atoms with Gasteiger partial charge in [0.2, 0.25) is 0 Å². The minimum absolute atomic E-state index is 0.293. The monoisotopic (exact) mass is 425 g/mol. The average Bonchev–Trinajstić information content (AvgIpc) is 2.76. The van der Waals surface area contributed by atoms with E-state index in [0.29, 0.717) is 12.3 Å². The van der Waals surface area contributed by atoms with Crippen molar-refractivity contribution in [1.29, 1.82) is 0 Å². The Bertz CT molecular complexity index is 1280. The van der Waals surface area contributed by atoms with Gasteiger partial charge in [-0.3, -0.25) is 0 Å². The van der Waals surface area contributed by atoms with E-state index in [-0.39, 0.29) is 6.03 Å². The highest BCUT2D eigenvalue weighted by atomic mass is 16.5. The quantitative estimate of drug-likeness (QED) is 0.367. The molecule has 0 fully saturated rings. The van der Waals surface area contributed by atoms with Crippen molar-refractivity contribution < 1.29 is 9.53 Å². The normalized spacial score (nSPS) is 10.8. The van der Waals surface area contributed by atoms with Crippen molar-refractivity contribution in [2.75, 3.05) is 17.2 Å². The summed E-state index contributed by atoms with van der Waals surface area (Å²) < 4.78 is 5.92. The van der Waals surface area contributed by atoms with Crippen molar-refractivity contribution in [3.63, 3.8) is 0 Å². The lowest BCUT2D eigenvalue weighted by Crippen LogP contribution is -2.20. The first-order chi connectivity index (χ1) is 15.4.